The Bertz CT molecular complexity index is 626. The predicted octanol–water partition coefficient (Wildman–Crippen LogP) is 4.41. The third kappa shape index (κ3) is 3.16. The average Bonchev–Trinajstić information content (AvgIpc) is 2.76. The van der Waals surface area contributed by atoms with Crippen molar-refractivity contribution in [3.05, 3.63) is 28.5 Å². The quantitative estimate of drug-likeness (QED) is 0.887. The normalized spacial score (nSPS) is 18.2. The van der Waals surface area contributed by atoms with Crippen LogP contribution in [0.2, 0.25) is 0 Å². The molecule has 1 saturated carbocycles. The summed E-state index contributed by atoms with van der Waals surface area (Å²) in [5.41, 5.74) is 8.90. The summed E-state index contributed by atoms with van der Waals surface area (Å²) < 4.78 is 3.45. The van der Waals surface area contributed by atoms with Crippen molar-refractivity contribution in [3.63, 3.8) is 0 Å². The number of aromatic nitrogens is 2. The van der Waals surface area contributed by atoms with Crippen molar-refractivity contribution in [2.24, 2.45) is 5.73 Å². The lowest BCUT2D eigenvalue weighted by Crippen LogP contribution is -2.44. The molecule has 0 unspecified atom stereocenters. The van der Waals surface area contributed by atoms with Gasteiger partial charge in [-0.25, -0.2) is 4.98 Å². The molecule has 0 saturated heterocycles. The summed E-state index contributed by atoms with van der Waals surface area (Å²) in [5.74, 6) is 1.16. The second-order valence-corrected chi connectivity index (χ2v) is 7.33. The van der Waals surface area contributed by atoms with Gasteiger partial charge in [-0.3, -0.25) is 0 Å². The van der Waals surface area contributed by atoms with Crippen molar-refractivity contribution < 1.29 is 0 Å². The SMILES string of the molecule is CCCn1c(CC2(N)CCCCC2)nc2cc(Br)ccc21. The molecule has 1 aromatic heterocycles. The van der Waals surface area contributed by atoms with Crippen LogP contribution in [0.25, 0.3) is 11.0 Å². The molecule has 114 valence electrons. The molecule has 3 rings (SSSR count). The molecule has 0 radical (unpaired) electrons. The first-order valence-corrected chi connectivity index (χ1v) is 8.84. The van der Waals surface area contributed by atoms with Gasteiger partial charge in [-0.2, -0.15) is 0 Å². The van der Waals surface area contributed by atoms with Crippen molar-refractivity contribution >= 4 is 27.0 Å². The number of hydrogen-bond donors (Lipinski definition) is 1. The Hall–Kier alpha value is -0.870. The maximum Gasteiger partial charge on any atom is 0.111 e. The Balaban J connectivity index is 1.98. The topological polar surface area (TPSA) is 43.8 Å². The van der Waals surface area contributed by atoms with Crippen molar-refractivity contribution in [2.75, 3.05) is 0 Å². The molecule has 1 fully saturated rings. The number of imidazole rings is 1. The number of nitrogens with zero attached hydrogens (tertiary/aromatic N) is 2. The predicted molar refractivity (Wildman–Crippen MR) is 91.4 cm³/mol. The fourth-order valence-corrected chi connectivity index (χ4v) is 3.86. The van der Waals surface area contributed by atoms with Gasteiger partial charge in [0.05, 0.1) is 11.0 Å². The number of aryl methyl sites for hydroxylation is 1. The molecule has 2 aromatic rings. The summed E-state index contributed by atoms with van der Waals surface area (Å²) in [5, 5.41) is 0. The second kappa shape index (κ2) is 6.09. The third-order valence-corrected chi connectivity index (χ3v) is 5.09. The number of fused-ring (bicyclic) bond motifs is 1. The van der Waals surface area contributed by atoms with E-state index in [-0.39, 0.29) is 5.54 Å². The lowest BCUT2D eigenvalue weighted by molar-refractivity contribution is 0.287. The van der Waals surface area contributed by atoms with Gasteiger partial charge in [0.15, 0.2) is 0 Å². The zero-order valence-electron chi connectivity index (χ0n) is 12.7. The maximum absolute atomic E-state index is 6.65. The number of nitrogens with two attached hydrogens (primary N) is 1. The standard InChI is InChI=1S/C17H24BrN3/c1-2-10-21-15-7-6-13(18)11-14(15)20-16(21)12-17(19)8-4-3-5-9-17/h6-7,11H,2-5,8-10,12,19H2,1H3. The fourth-order valence-electron chi connectivity index (χ4n) is 3.51. The van der Waals surface area contributed by atoms with E-state index >= 15 is 0 Å². The molecule has 1 aliphatic carbocycles. The van der Waals surface area contributed by atoms with Gasteiger partial charge in [0.2, 0.25) is 0 Å². The average molecular weight is 350 g/mol. The van der Waals surface area contributed by atoms with Crippen LogP contribution in [-0.4, -0.2) is 15.1 Å². The Kier molecular flexibility index (Phi) is 4.36. The van der Waals surface area contributed by atoms with Crippen molar-refractivity contribution in [1.82, 2.24) is 9.55 Å². The highest BCUT2D eigenvalue weighted by Gasteiger charge is 2.29. The van der Waals surface area contributed by atoms with Crippen molar-refractivity contribution in [3.8, 4) is 0 Å². The second-order valence-electron chi connectivity index (χ2n) is 6.41. The summed E-state index contributed by atoms with van der Waals surface area (Å²) in [6.07, 6.45) is 8.13. The van der Waals surface area contributed by atoms with Gasteiger partial charge in [-0.1, -0.05) is 42.1 Å². The van der Waals surface area contributed by atoms with Gasteiger partial charge >= 0.3 is 0 Å². The Labute approximate surface area is 135 Å². The maximum atomic E-state index is 6.65. The number of benzene rings is 1. The molecule has 0 amide bonds. The van der Waals surface area contributed by atoms with Gasteiger partial charge < -0.3 is 10.3 Å². The minimum Gasteiger partial charge on any atom is -0.328 e. The van der Waals surface area contributed by atoms with Crippen LogP contribution in [0.5, 0.6) is 0 Å². The smallest absolute Gasteiger partial charge is 0.111 e. The van der Waals surface area contributed by atoms with Gasteiger partial charge in [-0.05, 0) is 37.5 Å². The first kappa shape index (κ1) is 15.0. The van der Waals surface area contributed by atoms with Crippen molar-refractivity contribution in [2.45, 2.75) is 64.0 Å². The summed E-state index contributed by atoms with van der Waals surface area (Å²) in [7, 11) is 0. The summed E-state index contributed by atoms with van der Waals surface area (Å²) in [4.78, 5) is 4.88. The van der Waals surface area contributed by atoms with Crippen LogP contribution in [0, 0.1) is 0 Å². The molecule has 0 aliphatic heterocycles. The van der Waals surface area contributed by atoms with Gasteiger partial charge in [0.25, 0.3) is 0 Å². The highest BCUT2D eigenvalue weighted by Crippen LogP contribution is 2.30. The lowest BCUT2D eigenvalue weighted by Gasteiger charge is -2.33. The van der Waals surface area contributed by atoms with E-state index in [0.717, 1.165) is 48.0 Å². The summed E-state index contributed by atoms with van der Waals surface area (Å²) >= 11 is 3.54. The molecule has 4 heteroatoms. The van der Waals surface area contributed by atoms with Gasteiger partial charge in [0, 0.05) is 23.0 Å². The number of rotatable bonds is 4. The fraction of sp³-hybridized carbons (Fsp3) is 0.588. The van der Waals surface area contributed by atoms with E-state index in [1.54, 1.807) is 0 Å². The highest BCUT2D eigenvalue weighted by molar-refractivity contribution is 9.10. The molecule has 0 atom stereocenters. The molecular weight excluding hydrogens is 326 g/mol. The monoisotopic (exact) mass is 349 g/mol. The van der Waals surface area contributed by atoms with Crippen LogP contribution >= 0.6 is 15.9 Å². The summed E-state index contributed by atoms with van der Waals surface area (Å²) in [6, 6.07) is 6.36. The molecule has 21 heavy (non-hydrogen) atoms. The van der Waals surface area contributed by atoms with E-state index in [2.05, 4.69) is 45.6 Å². The first-order valence-electron chi connectivity index (χ1n) is 8.05. The zero-order valence-corrected chi connectivity index (χ0v) is 14.3. The number of hydrogen-bond acceptors (Lipinski definition) is 2. The molecular formula is C17H24BrN3. The van der Waals surface area contributed by atoms with E-state index in [1.807, 2.05) is 0 Å². The minimum absolute atomic E-state index is 0.0532. The lowest BCUT2D eigenvalue weighted by atomic mass is 9.80. The van der Waals surface area contributed by atoms with Crippen LogP contribution in [0.4, 0.5) is 0 Å². The highest BCUT2D eigenvalue weighted by atomic mass is 79.9. The van der Waals surface area contributed by atoms with E-state index in [1.165, 1.54) is 24.8 Å². The zero-order chi connectivity index (χ0) is 14.9. The Morgan fingerprint density at radius 1 is 1.29 bits per heavy atom. The largest absolute Gasteiger partial charge is 0.328 e. The van der Waals surface area contributed by atoms with Gasteiger partial charge in [-0.15, -0.1) is 0 Å². The van der Waals surface area contributed by atoms with E-state index in [4.69, 9.17) is 10.7 Å². The van der Waals surface area contributed by atoms with Crippen LogP contribution in [0.1, 0.15) is 51.3 Å². The Morgan fingerprint density at radius 2 is 2.05 bits per heavy atom. The molecule has 2 N–H and O–H groups in total. The van der Waals surface area contributed by atoms with Crippen LogP contribution in [-0.2, 0) is 13.0 Å². The molecule has 0 spiro atoms. The van der Waals surface area contributed by atoms with Crippen LogP contribution in [0.3, 0.4) is 0 Å². The van der Waals surface area contributed by atoms with E-state index in [0.29, 0.717) is 0 Å². The molecule has 3 nitrogen and oxygen atoms in total. The third-order valence-electron chi connectivity index (χ3n) is 4.60. The summed E-state index contributed by atoms with van der Waals surface area (Å²) in [6.45, 7) is 3.23. The van der Waals surface area contributed by atoms with Gasteiger partial charge in [0.1, 0.15) is 5.82 Å². The molecule has 1 heterocycles. The van der Waals surface area contributed by atoms with Crippen LogP contribution < -0.4 is 5.73 Å². The first-order chi connectivity index (χ1) is 10.1. The molecule has 0 bridgehead atoms. The Morgan fingerprint density at radius 3 is 2.76 bits per heavy atom. The van der Waals surface area contributed by atoms with Crippen molar-refractivity contribution in [1.29, 1.82) is 0 Å². The number of halogens is 1. The molecule has 1 aromatic carbocycles. The minimum atomic E-state index is -0.0532. The van der Waals surface area contributed by atoms with E-state index in [9.17, 15) is 0 Å². The van der Waals surface area contributed by atoms with E-state index < -0.39 is 0 Å². The van der Waals surface area contributed by atoms with Crippen LogP contribution in [0.15, 0.2) is 22.7 Å². The molecule has 1 aliphatic rings.